The molecule has 3 aromatic carbocycles. The summed E-state index contributed by atoms with van der Waals surface area (Å²) in [5, 5.41) is 2.71. The molecule has 0 unspecified atom stereocenters. The molecule has 0 aliphatic rings. The van der Waals surface area contributed by atoms with Gasteiger partial charge in [-0.2, -0.15) is 0 Å². The number of benzene rings is 3. The van der Waals surface area contributed by atoms with Crippen LogP contribution in [0.3, 0.4) is 0 Å². The molecular formula is C31H39N3O5S. The Labute approximate surface area is 238 Å². The molecule has 3 aromatic rings. The number of nitrogens with one attached hydrogen (secondary N) is 1. The summed E-state index contributed by atoms with van der Waals surface area (Å²) >= 11 is 0. The van der Waals surface area contributed by atoms with Crippen molar-refractivity contribution in [2.45, 2.75) is 45.7 Å². The van der Waals surface area contributed by atoms with Crippen molar-refractivity contribution in [3.63, 3.8) is 0 Å². The van der Waals surface area contributed by atoms with Gasteiger partial charge >= 0.3 is 0 Å². The van der Waals surface area contributed by atoms with Crippen molar-refractivity contribution in [2.75, 3.05) is 31.3 Å². The number of carbonyl (C=O) groups excluding carboxylic acids is 2. The van der Waals surface area contributed by atoms with Gasteiger partial charge < -0.3 is 15.0 Å². The zero-order chi connectivity index (χ0) is 29.3. The highest BCUT2D eigenvalue weighted by atomic mass is 32.2. The van der Waals surface area contributed by atoms with E-state index in [-0.39, 0.29) is 31.3 Å². The van der Waals surface area contributed by atoms with E-state index in [9.17, 15) is 18.0 Å². The molecule has 0 saturated carbocycles. The maximum Gasteiger partial charge on any atom is 0.242 e. The molecular weight excluding hydrogens is 526 g/mol. The van der Waals surface area contributed by atoms with Crippen LogP contribution < -0.4 is 14.4 Å². The highest BCUT2D eigenvalue weighted by Gasteiger charge is 2.30. The Morgan fingerprint density at radius 1 is 0.925 bits per heavy atom. The number of aryl methyl sites for hydroxylation is 2. The fourth-order valence-electron chi connectivity index (χ4n) is 4.79. The Bertz CT molecular complexity index is 1390. The number of likely N-dealkylation sites (N-methyl/N-ethyl adjacent to an activating group) is 1. The van der Waals surface area contributed by atoms with Gasteiger partial charge in [-0.05, 0) is 66.8 Å². The van der Waals surface area contributed by atoms with E-state index in [1.54, 1.807) is 19.1 Å². The Morgan fingerprint density at radius 2 is 1.57 bits per heavy atom. The Kier molecular flexibility index (Phi) is 10.7. The van der Waals surface area contributed by atoms with Crippen molar-refractivity contribution >= 4 is 27.5 Å². The van der Waals surface area contributed by atoms with Gasteiger partial charge in [-0.25, -0.2) is 8.42 Å². The van der Waals surface area contributed by atoms with Gasteiger partial charge in [-0.3, -0.25) is 13.9 Å². The molecule has 0 aliphatic carbocycles. The van der Waals surface area contributed by atoms with Crippen LogP contribution in [0.25, 0.3) is 0 Å². The zero-order valence-corrected chi connectivity index (χ0v) is 24.7. The monoisotopic (exact) mass is 565 g/mol. The normalized spacial score (nSPS) is 11.9. The van der Waals surface area contributed by atoms with E-state index in [1.165, 1.54) is 10.6 Å². The molecule has 0 heterocycles. The van der Waals surface area contributed by atoms with Crippen LogP contribution in [0.4, 0.5) is 5.69 Å². The molecule has 3 rings (SSSR count). The summed E-state index contributed by atoms with van der Waals surface area (Å²) in [7, 11) is -0.435. The van der Waals surface area contributed by atoms with E-state index in [0.717, 1.165) is 22.3 Å². The van der Waals surface area contributed by atoms with Crippen molar-refractivity contribution in [3.05, 3.63) is 95.1 Å². The maximum absolute atomic E-state index is 13.8. The van der Waals surface area contributed by atoms with Crippen LogP contribution >= 0.6 is 0 Å². The third-order valence-electron chi connectivity index (χ3n) is 6.65. The van der Waals surface area contributed by atoms with Gasteiger partial charge in [0.1, 0.15) is 11.8 Å². The van der Waals surface area contributed by atoms with Crippen LogP contribution in [-0.4, -0.2) is 58.1 Å². The van der Waals surface area contributed by atoms with Crippen molar-refractivity contribution in [3.8, 4) is 5.75 Å². The first-order valence-corrected chi connectivity index (χ1v) is 15.1. The fourth-order valence-corrected chi connectivity index (χ4v) is 5.74. The third kappa shape index (κ3) is 8.58. The van der Waals surface area contributed by atoms with E-state index in [0.29, 0.717) is 24.3 Å². The lowest BCUT2D eigenvalue weighted by Crippen LogP contribution is -2.49. The number of sulfonamides is 1. The Morgan fingerprint density at radius 3 is 2.17 bits per heavy atom. The van der Waals surface area contributed by atoms with Gasteiger partial charge in [0.05, 0.1) is 19.1 Å². The number of hydrogen-bond donors (Lipinski definition) is 1. The van der Waals surface area contributed by atoms with E-state index in [4.69, 9.17) is 4.74 Å². The van der Waals surface area contributed by atoms with Crippen LogP contribution in [0.2, 0.25) is 0 Å². The molecule has 8 nitrogen and oxygen atoms in total. The second-order valence-electron chi connectivity index (χ2n) is 9.98. The molecule has 0 aliphatic heterocycles. The zero-order valence-electron chi connectivity index (χ0n) is 23.9. The van der Waals surface area contributed by atoms with Crippen molar-refractivity contribution < 1.29 is 22.7 Å². The first-order valence-electron chi connectivity index (χ1n) is 13.3. The van der Waals surface area contributed by atoms with Crippen LogP contribution in [0.5, 0.6) is 5.75 Å². The minimum atomic E-state index is -3.57. The maximum atomic E-state index is 13.8. The average Bonchev–Trinajstić information content (AvgIpc) is 2.91. The predicted octanol–water partition coefficient (Wildman–Crippen LogP) is 4.24. The van der Waals surface area contributed by atoms with Crippen molar-refractivity contribution in [1.82, 2.24) is 10.2 Å². The average molecular weight is 566 g/mol. The van der Waals surface area contributed by atoms with Gasteiger partial charge in [0.15, 0.2) is 0 Å². The summed E-state index contributed by atoms with van der Waals surface area (Å²) in [5.41, 5.74) is 4.24. The second-order valence-corrected chi connectivity index (χ2v) is 11.9. The van der Waals surface area contributed by atoms with Crippen LogP contribution in [0.15, 0.2) is 72.8 Å². The molecule has 0 bridgehead atoms. The smallest absolute Gasteiger partial charge is 0.242 e. The number of anilines is 1. The molecule has 0 spiro atoms. The molecule has 40 heavy (non-hydrogen) atoms. The molecule has 0 radical (unpaired) electrons. The first-order chi connectivity index (χ1) is 19.0. The number of amides is 2. The van der Waals surface area contributed by atoms with E-state index >= 15 is 0 Å². The third-order valence-corrected chi connectivity index (χ3v) is 7.85. The lowest BCUT2D eigenvalue weighted by Gasteiger charge is -2.31. The largest absolute Gasteiger partial charge is 0.497 e. The summed E-state index contributed by atoms with van der Waals surface area (Å²) < 4.78 is 32.0. The SMILES string of the molecule is CNC(=O)[C@@H](Cc1ccccc1)N(Cc1cccc(OC)c1)C(=O)CCCN(c1cc(C)cc(C)c1)S(C)(=O)=O. The van der Waals surface area contributed by atoms with Gasteiger partial charge in [-0.15, -0.1) is 0 Å². The quantitative estimate of drug-likeness (QED) is 0.334. The molecule has 9 heteroatoms. The van der Waals surface area contributed by atoms with E-state index < -0.39 is 16.1 Å². The first kappa shape index (κ1) is 30.7. The molecule has 0 fully saturated rings. The second kappa shape index (κ2) is 14.0. The molecule has 214 valence electrons. The van der Waals surface area contributed by atoms with E-state index in [1.807, 2.05) is 86.6 Å². The Hall–Kier alpha value is -3.85. The number of ether oxygens (including phenoxy) is 1. The summed E-state index contributed by atoms with van der Waals surface area (Å²) in [6.45, 7) is 4.18. The predicted molar refractivity (Wildman–Crippen MR) is 159 cm³/mol. The lowest BCUT2D eigenvalue weighted by atomic mass is 10.0. The van der Waals surface area contributed by atoms with Crippen molar-refractivity contribution in [1.29, 1.82) is 0 Å². The number of methoxy groups -OCH3 is 1. The number of hydrogen-bond acceptors (Lipinski definition) is 5. The molecule has 0 saturated heterocycles. The highest BCUT2D eigenvalue weighted by molar-refractivity contribution is 7.92. The standard InChI is InChI=1S/C31H39N3O5S/c1-23-17-24(2)19-27(18-23)34(40(5,37)38)16-10-15-30(35)33(22-26-13-9-14-28(20-26)39-4)29(31(36)32-3)21-25-11-7-6-8-12-25/h6-9,11-14,17-20,29H,10,15-16,21-22H2,1-5H3,(H,32,36)/t29-/m1/s1. The fraction of sp³-hybridized carbons (Fsp3) is 0.355. The number of rotatable bonds is 13. The summed E-state index contributed by atoms with van der Waals surface area (Å²) in [6, 6.07) is 21.8. The van der Waals surface area contributed by atoms with Crippen molar-refractivity contribution in [2.24, 2.45) is 0 Å². The molecule has 1 N–H and O–H groups in total. The highest BCUT2D eigenvalue weighted by Crippen LogP contribution is 2.23. The number of nitrogens with zero attached hydrogens (tertiary/aromatic N) is 2. The lowest BCUT2D eigenvalue weighted by molar-refractivity contribution is -0.141. The van der Waals surface area contributed by atoms with Gasteiger partial charge in [-0.1, -0.05) is 48.5 Å². The summed E-state index contributed by atoms with van der Waals surface area (Å²) in [5.74, 6) is 0.149. The minimum absolute atomic E-state index is 0.0725. The van der Waals surface area contributed by atoms with Gasteiger partial charge in [0, 0.05) is 33.0 Å². The summed E-state index contributed by atoms with van der Waals surface area (Å²) in [4.78, 5) is 28.5. The molecule has 0 aromatic heterocycles. The van der Waals surface area contributed by atoms with Gasteiger partial charge in [0.25, 0.3) is 0 Å². The van der Waals surface area contributed by atoms with Gasteiger partial charge in [0.2, 0.25) is 21.8 Å². The Balaban J connectivity index is 1.87. The van der Waals surface area contributed by atoms with E-state index in [2.05, 4.69) is 5.32 Å². The van der Waals surface area contributed by atoms with Crippen LogP contribution in [0, 0.1) is 13.8 Å². The number of carbonyl (C=O) groups is 2. The molecule has 2 amide bonds. The summed E-state index contributed by atoms with van der Waals surface area (Å²) in [6.07, 6.45) is 1.87. The van der Waals surface area contributed by atoms with Crippen LogP contribution in [-0.2, 0) is 32.6 Å². The minimum Gasteiger partial charge on any atom is -0.497 e. The van der Waals surface area contributed by atoms with Crippen LogP contribution in [0.1, 0.15) is 35.1 Å². The molecule has 1 atom stereocenters. The topological polar surface area (TPSA) is 96.0 Å².